The Kier molecular flexibility index (Phi) is 6.90. The van der Waals surface area contributed by atoms with Crippen molar-refractivity contribution < 1.29 is 9.90 Å². The molecule has 3 aromatic rings. The van der Waals surface area contributed by atoms with Gasteiger partial charge in [-0.3, -0.25) is 4.79 Å². The van der Waals surface area contributed by atoms with Crippen LogP contribution in [0.3, 0.4) is 0 Å². The number of aromatic hydroxyl groups is 1. The fourth-order valence-corrected chi connectivity index (χ4v) is 4.56. The molecule has 2 aromatic carbocycles. The van der Waals surface area contributed by atoms with Crippen LogP contribution >= 0.6 is 0 Å². The molecule has 1 aromatic heterocycles. The van der Waals surface area contributed by atoms with Crippen LogP contribution in [0.2, 0.25) is 0 Å². The van der Waals surface area contributed by atoms with Gasteiger partial charge in [0.2, 0.25) is 5.91 Å². The normalized spacial score (nSPS) is 19.4. The summed E-state index contributed by atoms with van der Waals surface area (Å²) in [5, 5.41) is 12.9. The second kappa shape index (κ2) is 10.0. The first kappa shape index (κ1) is 22.1. The van der Waals surface area contributed by atoms with E-state index in [4.69, 9.17) is 10.7 Å². The van der Waals surface area contributed by atoms with Gasteiger partial charge in [0, 0.05) is 17.2 Å². The standard InChI is InChI=1S/C26H32N4O2/c1-17-24(20-11-13-22(31)14-12-20)30-25(28-17)23(15-18-5-3-2-4-6-18)29-26(32)21-9-7-19(16-27)8-10-21/h2-6,11-14,19,21,23,31H,7-10,15-16,27H2,1H3,(H,28,30)(H,29,32)/t19?,21?,23-/m0/s1. The number of nitrogens with one attached hydrogen (secondary N) is 2. The summed E-state index contributed by atoms with van der Waals surface area (Å²) in [5.41, 5.74) is 9.64. The number of nitrogens with zero attached hydrogens (tertiary/aromatic N) is 1. The Labute approximate surface area is 189 Å². The highest BCUT2D eigenvalue weighted by Crippen LogP contribution is 2.30. The summed E-state index contributed by atoms with van der Waals surface area (Å²) < 4.78 is 0. The molecule has 0 aliphatic heterocycles. The van der Waals surface area contributed by atoms with Crippen molar-refractivity contribution in [3.63, 3.8) is 0 Å². The molecular weight excluding hydrogens is 400 g/mol. The summed E-state index contributed by atoms with van der Waals surface area (Å²) >= 11 is 0. The molecular formula is C26H32N4O2. The van der Waals surface area contributed by atoms with Gasteiger partial charge in [-0.05, 0) is 81.3 Å². The first-order valence-corrected chi connectivity index (χ1v) is 11.4. The number of aryl methyl sites for hydroxylation is 1. The zero-order valence-electron chi connectivity index (χ0n) is 18.6. The first-order chi connectivity index (χ1) is 15.5. The number of nitrogens with two attached hydrogens (primary N) is 1. The Morgan fingerprint density at radius 3 is 2.47 bits per heavy atom. The molecule has 1 aliphatic rings. The third-order valence-electron chi connectivity index (χ3n) is 6.52. The van der Waals surface area contributed by atoms with Gasteiger partial charge in [-0.2, -0.15) is 0 Å². The van der Waals surface area contributed by atoms with Crippen LogP contribution in [0.5, 0.6) is 5.75 Å². The number of benzene rings is 2. The zero-order valence-corrected chi connectivity index (χ0v) is 18.6. The number of hydrogen-bond acceptors (Lipinski definition) is 4. The van der Waals surface area contributed by atoms with Crippen LogP contribution in [0.25, 0.3) is 11.3 Å². The van der Waals surface area contributed by atoms with E-state index in [9.17, 15) is 9.90 Å². The number of aromatic nitrogens is 2. The van der Waals surface area contributed by atoms with Gasteiger partial charge in [0.15, 0.2) is 0 Å². The van der Waals surface area contributed by atoms with Crippen LogP contribution in [-0.2, 0) is 11.2 Å². The third-order valence-corrected chi connectivity index (χ3v) is 6.52. The van der Waals surface area contributed by atoms with Crippen LogP contribution in [0.15, 0.2) is 54.6 Å². The van der Waals surface area contributed by atoms with E-state index >= 15 is 0 Å². The molecule has 0 bridgehead atoms. The number of phenolic OH excluding ortho intramolecular Hbond substituents is 1. The van der Waals surface area contributed by atoms with Crippen molar-refractivity contribution in [1.82, 2.24) is 15.3 Å². The molecule has 0 spiro atoms. The zero-order chi connectivity index (χ0) is 22.5. The van der Waals surface area contributed by atoms with Crippen molar-refractivity contribution in [2.45, 2.75) is 45.1 Å². The average Bonchev–Trinajstić information content (AvgIpc) is 3.21. The predicted octanol–water partition coefficient (Wildman–Crippen LogP) is 4.26. The van der Waals surface area contributed by atoms with Gasteiger partial charge in [0.25, 0.3) is 0 Å². The highest BCUT2D eigenvalue weighted by Gasteiger charge is 2.28. The molecule has 4 rings (SSSR count). The lowest BCUT2D eigenvalue weighted by Gasteiger charge is -2.28. The van der Waals surface area contributed by atoms with E-state index in [1.807, 2.05) is 37.3 Å². The van der Waals surface area contributed by atoms with Gasteiger partial charge in [0.05, 0.1) is 11.7 Å². The highest BCUT2D eigenvalue weighted by molar-refractivity contribution is 5.79. The average molecular weight is 433 g/mol. The number of aromatic amines is 1. The van der Waals surface area contributed by atoms with Gasteiger partial charge < -0.3 is 21.1 Å². The second-order valence-electron chi connectivity index (χ2n) is 8.85. The minimum Gasteiger partial charge on any atom is -0.508 e. The Morgan fingerprint density at radius 2 is 1.81 bits per heavy atom. The van der Waals surface area contributed by atoms with Crippen LogP contribution in [0, 0.1) is 18.8 Å². The van der Waals surface area contributed by atoms with Gasteiger partial charge in [-0.1, -0.05) is 30.3 Å². The van der Waals surface area contributed by atoms with E-state index in [-0.39, 0.29) is 23.6 Å². The highest BCUT2D eigenvalue weighted by atomic mass is 16.3. The molecule has 6 heteroatoms. The summed E-state index contributed by atoms with van der Waals surface area (Å²) in [4.78, 5) is 21.4. The van der Waals surface area contributed by atoms with Crippen LogP contribution in [-0.4, -0.2) is 27.5 Å². The number of hydrogen-bond donors (Lipinski definition) is 4. The van der Waals surface area contributed by atoms with Crippen molar-refractivity contribution in [3.8, 4) is 17.0 Å². The maximum Gasteiger partial charge on any atom is 0.223 e. The number of imidazole rings is 1. The van der Waals surface area contributed by atoms with E-state index < -0.39 is 0 Å². The Balaban J connectivity index is 1.56. The third kappa shape index (κ3) is 5.19. The minimum atomic E-state index is -0.248. The van der Waals surface area contributed by atoms with Gasteiger partial charge in [0.1, 0.15) is 11.6 Å². The summed E-state index contributed by atoms with van der Waals surface area (Å²) in [5.74, 6) is 1.64. The molecule has 32 heavy (non-hydrogen) atoms. The van der Waals surface area contributed by atoms with Gasteiger partial charge in [-0.25, -0.2) is 4.98 Å². The topological polar surface area (TPSA) is 104 Å². The largest absolute Gasteiger partial charge is 0.508 e. The molecule has 168 valence electrons. The van der Waals surface area contributed by atoms with E-state index in [1.54, 1.807) is 12.1 Å². The van der Waals surface area contributed by atoms with E-state index in [1.165, 1.54) is 0 Å². The number of amides is 1. The van der Waals surface area contributed by atoms with Crippen LogP contribution in [0.1, 0.15) is 48.8 Å². The fourth-order valence-electron chi connectivity index (χ4n) is 4.56. The molecule has 1 heterocycles. The number of carbonyl (C=O) groups excluding carboxylic acids is 1. The lowest BCUT2D eigenvalue weighted by atomic mass is 9.81. The van der Waals surface area contributed by atoms with E-state index in [0.717, 1.165) is 54.0 Å². The van der Waals surface area contributed by atoms with Crippen LogP contribution < -0.4 is 11.1 Å². The number of H-pyrrole nitrogens is 1. The van der Waals surface area contributed by atoms with Crippen molar-refractivity contribution in [1.29, 1.82) is 0 Å². The fraction of sp³-hybridized carbons (Fsp3) is 0.385. The summed E-state index contributed by atoms with van der Waals surface area (Å²) in [6, 6.07) is 16.9. The van der Waals surface area contributed by atoms with Crippen molar-refractivity contribution in [3.05, 3.63) is 71.7 Å². The monoisotopic (exact) mass is 432 g/mol. The molecule has 1 amide bonds. The molecule has 1 saturated carbocycles. The minimum absolute atomic E-state index is 0.0312. The van der Waals surface area contributed by atoms with Gasteiger partial charge in [-0.15, -0.1) is 0 Å². The van der Waals surface area contributed by atoms with Crippen LogP contribution in [0.4, 0.5) is 0 Å². The molecule has 1 atom stereocenters. The molecule has 5 N–H and O–H groups in total. The first-order valence-electron chi connectivity index (χ1n) is 11.4. The molecule has 0 saturated heterocycles. The quantitative estimate of drug-likeness (QED) is 0.448. The van der Waals surface area contributed by atoms with E-state index in [0.29, 0.717) is 18.9 Å². The Hall–Kier alpha value is -3.12. The molecule has 1 fully saturated rings. The summed E-state index contributed by atoms with van der Waals surface area (Å²) in [6.45, 7) is 2.69. The van der Waals surface area contributed by atoms with Gasteiger partial charge >= 0.3 is 0 Å². The van der Waals surface area contributed by atoms with Crippen molar-refractivity contribution >= 4 is 5.91 Å². The smallest absolute Gasteiger partial charge is 0.223 e. The maximum atomic E-state index is 13.2. The lowest BCUT2D eigenvalue weighted by molar-refractivity contribution is -0.127. The summed E-state index contributed by atoms with van der Waals surface area (Å²) in [6.07, 6.45) is 4.47. The molecule has 0 unspecified atom stereocenters. The number of rotatable bonds is 7. The summed E-state index contributed by atoms with van der Waals surface area (Å²) in [7, 11) is 0. The predicted molar refractivity (Wildman–Crippen MR) is 126 cm³/mol. The Morgan fingerprint density at radius 1 is 1.12 bits per heavy atom. The Bertz CT molecular complexity index is 1020. The number of carbonyl (C=O) groups is 1. The lowest BCUT2D eigenvalue weighted by Crippen LogP contribution is -2.37. The molecule has 1 aliphatic carbocycles. The van der Waals surface area contributed by atoms with E-state index in [2.05, 4.69) is 22.4 Å². The maximum absolute atomic E-state index is 13.2. The number of phenols is 1. The SMILES string of the molecule is Cc1[nH]c([C@H](Cc2ccccc2)NC(=O)C2CCC(CN)CC2)nc1-c1ccc(O)cc1. The van der Waals surface area contributed by atoms with Crippen molar-refractivity contribution in [2.24, 2.45) is 17.6 Å². The second-order valence-corrected chi connectivity index (χ2v) is 8.85. The molecule has 6 nitrogen and oxygen atoms in total. The van der Waals surface area contributed by atoms with Crippen molar-refractivity contribution in [2.75, 3.05) is 6.54 Å². The molecule has 0 radical (unpaired) electrons.